The molecule has 2 amide bonds. The van der Waals surface area contributed by atoms with Gasteiger partial charge >= 0.3 is 0 Å². The van der Waals surface area contributed by atoms with E-state index in [0.717, 1.165) is 11.4 Å². The van der Waals surface area contributed by atoms with Crippen molar-refractivity contribution >= 4 is 50.4 Å². The van der Waals surface area contributed by atoms with Gasteiger partial charge in [-0.2, -0.15) is 0 Å². The van der Waals surface area contributed by atoms with Crippen molar-refractivity contribution in [1.29, 1.82) is 0 Å². The molecule has 0 bridgehead atoms. The predicted octanol–water partition coefficient (Wildman–Crippen LogP) is 3.02. The maximum absolute atomic E-state index is 12.3. The molecule has 8 nitrogen and oxygen atoms in total. The minimum absolute atomic E-state index is 0.0409. The number of carbonyl (C=O) groups is 2. The summed E-state index contributed by atoms with van der Waals surface area (Å²) in [6, 6.07) is 7.47. The van der Waals surface area contributed by atoms with E-state index in [1.807, 2.05) is 31.2 Å². The molecule has 0 aliphatic heterocycles. The maximum atomic E-state index is 12.3. The summed E-state index contributed by atoms with van der Waals surface area (Å²) in [5.41, 5.74) is 6.78. The van der Waals surface area contributed by atoms with Gasteiger partial charge in [0.1, 0.15) is 11.4 Å². The summed E-state index contributed by atoms with van der Waals surface area (Å²) in [7, 11) is 0. The van der Waals surface area contributed by atoms with Gasteiger partial charge in [0, 0.05) is 16.4 Å². The summed E-state index contributed by atoms with van der Waals surface area (Å²) in [4.78, 5) is 31.6. The molecule has 0 saturated carbocycles. The van der Waals surface area contributed by atoms with Crippen molar-refractivity contribution in [2.75, 3.05) is 17.2 Å². The van der Waals surface area contributed by atoms with Gasteiger partial charge in [-0.1, -0.05) is 0 Å². The van der Waals surface area contributed by atoms with Crippen LogP contribution in [0.5, 0.6) is 5.75 Å². The van der Waals surface area contributed by atoms with Crippen LogP contribution in [0.2, 0.25) is 0 Å². The first-order valence-electron chi connectivity index (χ1n) is 8.03. The molecule has 140 valence electrons. The number of ether oxygens (including phenoxy) is 1. The molecule has 27 heavy (non-hydrogen) atoms. The molecule has 0 unspecified atom stereocenters. The van der Waals surface area contributed by atoms with Gasteiger partial charge in [0.25, 0.3) is 5.91 Å². The smallest absolute Gasteiger partial charge is 0.276 e. The first-order chi connectivity index (χ1) is 13.0. The fourth-order valence-electron chi connectivity index (χ4n) is 2.15. The molecule has 2 heterocycles. The number of nitrogens with zero attached hydrogens (tertiary/aromatic N) is 2. The Labute approximate surface area is 163 Å². The highest BCUT2D eigenvalue weighted by Crippen LogP contribution is 2.24. The van der Waals surface area contributed by atoms with E-state index in [2.05, 4.69) is 20.6 Å². The predicted molar refractivity (Wildman–Crippen MR) is 106 cm³/mol. The number of primary amides is 1. The van der Waals surface area contributed by atoms with Crippen LogP contribution in [0.25, 0.3) is 0 Å². The number of hydrogen-bond donors (Lipinski definition) is 3. The van der Waals surface area contributed by atoms with Crippen molar-refractivity contribution in [3.63, 3.8) is 0 Å². The van der Waals surface area contributed by atoms with Gasteiger partial charge in [0.15, 0.2) is 10.3 Å². The summed E-state index contributed by atoms with van der Waals surface area (Å²) < 4.78 is 5.40. The van der Waals surface area contributed by atoms with Crippen molar-refractivity contribution in [3.05, 3.63) is 46.4 Å². The average Bonchev–Trinajstić information content (AvgIpc) is 3.26. The van der Waals surface area contributed by atoms with Crippen LogP contribution >= 0.6 is 22.7 Å². The van der Waals surface area contributed by atoms with Gasteiger partial charge in [0.2, 0.25) is 5.91 Å². The monoisotopic (exact) mass is 403 g/mol. The van der Waals surface area contributed by atoms with Gasteiger partial charge in [-0.3, -0.25) is 14.9 Å². The molecule has 0 aliphatic carbocycles. The summed E-state index contributed by atoms with van der Waals surface area (Å²) in [5.74, 6) is -0.0462. The second-order valence-electron chi connectivity index (χ2n) is 5.36. The highest BCUT2D eigenvalue weighted by Gasteiger charge is 2.14. The number of hydrogen-bond acceptors (Lipinski definition) is 8. The second kappa shape index (κ2) is 8.60. The van der Waals surface area contributed by atoms with E-state index in [9.17, 15) is 9.59 Å². The fraction of sp³-hybridized carbons (Fsp3) is 0.176. The molecule has 0 radical (unpaired) electrons. The lowest BCUT2D eigenvalue weighted by atomic mass is 10.3. The van der Waals surface area contributed by atoms with E-state index in [0.29, 0.717) is 22.6 Å². The molecule has 3 rings (SSSR count). The lowest BCUT2D eigenvalue weighted by Crippen LogP contribution is -2.14. The van der Waals surface area contributed by atoms with Crippen LogP contribution in [0.1, 0.15) is 23.1 Å². The third-order valence-electron chi connectivity index (χ3n) is 3.28. The lowest BCUT2D eigenvalue weighted by molar-refractivity contribution is -0.117. The Morgan fingerprint density at radius 1 is 1.11 bits per heavy atom. The average molecular weight is 403 g/mol. The van der Waals surface area contributed by atoms with Crippen LogP contribution in [-0.2, 0) is 11.2 Å². The minimum atomic E-state index is -0.470. The van der Waals surface area contributed by atoms with Crippen molar-refractivity contribution in [3.8, 4) is 5.75 Å². The summed E-state index contributed by atoms with van der Waals surface area (Å²) in [6.07, 6.45) is 0.0409. The molecule has 0 fully saturated rings. The highest BCUT2D eigenvalue weighted by atomic mass is 32.1. The number of thiazole rings is 2. The lowest BCUT2D eigenvalue weighted by Gasteiger charge is -2.05. The highest BCUT2D eigenvalue weighted by molar-refractivity contribution is 7.14. The molecular weight excluding hydrogens is 386 g/mol. The molecule has 0 aliphatic rings. The van der Waals surface area contributed by atoms with E-state index in [1.165, 1.54) is 22.7 Å². The topological polar surface area (TPSA) is 119 Å². The maximum Gasteiger partial charge on any atom is 0.276 e. The van der Waals surface area contributed by atoms with Gasteiger partial charge < -0.3 is 15.8 Å². The van der Waals surface area contributed by atoms with Crippen LogP contribution in [0.3, 0.4) is 0 Å². The quantitative estimate of drug-likeness (QED) is 0.532. The third-order valence-corrected chi connectivity index (χ3v) is 4.85. The molecule has 0 saturated heterocycles. The standard InChI is InChI=1S/C17H17N5O3S2/c1-2-25-12-5-3-10(4-6-12)19-16-21-13(9-27-16)15(24)22-17-20-11(8-26-17)7-14(18)23/h3-6,8-9H,2,7H2,1H3,(H2,18,23)(H,19,21)(H,20,22,24). The normalized spacial score (nSPS) is 10.4. The molecule has 3 aromatic rings. The Morgan fingerprint density at radius 2 is 1.85 bits per heavy atom. The van der Waals surface area contributed by atoms with Crippen molar-refractivity contribution < 1.29 is 14.3 Å². The Morgan fingerprint density at radius 3 is 2.56 bits per heavy atom. The number of benzene rings is 1. The Balaban J connectivity index is 1.60. The Hall–Kier alpha value is -2.98. The van der Waals surface area contributed by atoms with Crippen molar-refractivity contribution in [1.82, 2.24) is 9.97 Å². The zero-order valence-electron chi connectivity index (χ0n) is 14.4. The van der Waals surface area contributed by atoms with Crippen LogP contribution in [0.4, 0.5) is 16.0 Å². The SMILES string of the molecule is CCOc1ccc(Nc2nc(C(=O)Nc3nc(CC(N)=O)cs3)cs2)cc1. The Bertz CT molecular complexity index is 936. The van der Waals surface area contributed by atoms with Gasteiger partial charge in [0.05, 0.1) is 18.7 Å². The van der Waals surface area contributed by atoms with E-state index < -0.39 is 5.91 Å². The fourth-order valence-corrected chi connectivity index (χ4v) is 3.56. The number of aromatic nitrogens is 2. The van der Waals surface area contributed by atoms with Gasteiger partial charge in [-0.25, -0.2) is 9.97 Å². The second-order valence-corrected chi connectivity index (χ2v) is 7.08. The number of nitrogens with two attached hydrogens (primary N) is 1. The molecule has 0 atom stereocenters. The van der Waals surface area contributed by atoms with Gasteiger partial charge in [-0.05, 0) is 31.2 Å². The number of rotatable bonds is 8. The molecule has 2 aromatic heterocycles. The largest absolute Gasteiger partial charge is 0.494 e. The van der Waals surface area contributed by atoms with Crippen molar-refractivity contribution in [2.45, 2.75) is 13.3 Å². The molecular formula is C17H17N5O3S2. The number of nitrogens with one attached hydrogen (secondary N) is 2. The third kappa shape index (κ3) is 5.25. The zero-order valence-corrected chi connectivity index (χ0v) is 16.0. The summed E-state index contributed by atoms with van der Waals surface area (Å²) in [6.45, 7) is 2.54. The van der Waals surface area contributed by atoms with Gasteiger partial charge in [-0.15, -0.1) is 22.7 Å². The molecule has 10 heteroatoms. The van der Waals surface area contributed by atoms with E-state index in [1.54, 1.807) is 10.8 Å². The van der Waals surface area contributed by atoms with E-state index in [4.69, 9.17) is 10.5 Å². The first-order valence-corrected chi connectivity index (χ1v) is 9.79. The number of anilines is 3. The molecule has 1 aromatic carbocycles. The van der Waals surface area contributed by atoms with Crippen LogP contribution in [-0.4, -0.2) is 28.4 Å². The van der Waals surface area contributed by atoms with Crippen molar-refractivity contribution in [2.24, 2.45) is 5.73 Å². The zero-order chi connectivity index (χ0) is 19.2. The van der Waals surface area contributed by atoms with Crippen LogP contribution in [0.15, 0.2) is 35.0 Å². The summed E-state index contributed by atoms with van der Waals surface area (Å²) in [5, 5.41) is 10.1. The number of carbonyl (C=O) groups excluding carboxylic acids is 2. The molecule has 0 spiro atoms. The van der Waals surface area contributed by atoms with Crippen LogP contribution in [0, 0.1) is 0 Å². The summed E-state index contributed by atoms with van der Waals surface area (Å²) >= 11 is 2.55. The minimum Gasteiger partial charge on any atom is -0.494 e. The first kappa shape index (κ1) is 18.8. The van der Waals surface area contributed by atoms with E-state index in [-0.39, 0.29) is 18.0 Å². The van der Waals surface area contributed by atoms with Crippen LogP contribution < -0.4 is 21.1 Å². The van der Waals surface area contributed by atoms with E-state index >= 15 is 0 Å². The molecule has 4 N–H and O–H groups in total. The Kier molecular flexibility index (Phi) is 5.99. The number of amides is 2.